The second-order valence-corrected chi connectivity index (χ2v) is 6.69. The van der Waals surface area contributed by atoms with Gasteiger partial charge in [0, 0.05) is 24.6 Å². The van der Waals surface area contributed by atoms with Crippen LogP contribution in [0.4, 0.5) is 5.69 Å². The van der Waals surface area contributed by atoms with Crippen LogP contribution in [-0.4, -0.2) is 16.9 Å². The van der Waals surface area contributed by atoms with Crippen molar-refractivity contribution < 1.29 is 0 Å². The fraction of sp³-hybridized carbons (Fsp3) is 0.400. The van der Waals surface area contributed by atoms with E-state index in [4.69, 9.17) is 4.99 Å². The number of rotatable bonds is 2. The van der Waals surface area contributed by atoms with Gasteiger partial charge in [-0.3, -0.25) is 15.3 Å². The summed E-state index contributed by atoms with van der Waals surface area (Å²) in [5.74, 6) is 1.03. The molecule has 124 valence electrons. The molecule has 1 saturated carbocycles. The quantitative estimate of drug-likeness (QED) is 0.877. The molecule has 0 unspecified atom stereocenters. The summed E-state index contributed by atoms with van der Waals surface area (Å²) < 4.78 is 0. The summed E-state index contributed by atoms with van der Waals surface area (Å²) >= 11 is 0. The zero-order valence-electron chi connectivity index (χ0n) is 13.9. The Morgan fingerprint density at radius 2 is 1.88 bits per heavy atom. The van der Waals surface area contributed by atoms with Crippen LogP contribution in [0.1, 0.15) is 49.3 Å². The lowest BCUT2D eigenvalue weighted by atomic mass is 9.96. The number of benzene rings is 1. The lowest BCUT2D eigenvalue weighted by Crippen LogP contribution is -2.31. The highest BCUT2D eigenvalue weighted by Crippen LogP contribution is 2.27. The Hall–Kier alpha value is -2.20. The molecule has 2 N–H and O–H groups in total. The van der Waals surface area contributed by atoms with Gasteiger partial charge in [-0.2, -0.15) is 0 Å². The third-order valence-electron chi connectivity index (χ3n) is 4.96. The van der Waals surface area contributed by atoms with Crippen LogP contribution in [0.2, 0.25) is 0 Å². The fourth-order valence-electron chi connectivity index (χ4n) is 3.65. The van der Waals surface area contributed by atoms with Gasteiger partial charge in [0.1, 0.15) is 5.84 Å². The Labute approximate surface area is 143 Å². The average Bonchev–Trinajstić information content (AvgIpc) is 2.82. The molecule has 24 heavy (non-hydrogen) atoms. The Bertz CT molecular complexity index is 705. The van der Waals surface area contributed by atoms with Crippen LogP contribution in [0.15, 0.2) is 53.8 Å². The van der Waals surface area contributed by atoms with Gasteiger partial charge in [-0.25, -0.2) is 0 Å². The summed E-state index contributed by atoms with van der Waals surface area (Å²) in [6, 6.07) is 13.1. The van der Waals surface area contributed by atoms with Crippen molar-refractivity contribution >= 4 is 11.5 Å². The smallest absolute Gasteiger partial charge is 0.123 e. The molecule has 0 saturated heterocycles. The van der Waals surface area contributed by atoms with E-state index in [0.29, 0.717) is 6.04 Å². The SMILES string of the molecule is c1cncc([C@H]2NCc3ccccc3NC2=NC2CCCCC2)c1. The zero-order valence-corrected chi connectivity index (χ0v) is 13.9. The van der Waals surface area contributed by atoms with E-state index in [0.717, 1.165) is 23.6 Å². The maximum Gasteiger partial charge on any atom is 0.123 e. The number of amidine groups is 1. The Kier molecular flexibility index (Phi) is 4.56. The number of nitrogens with zero attached hydrogens (tertiary/aromatic N) is 2. The van der Waals surface area contributed by atoms with Gasteiger partial charge < -0.3 is 5.32 Å². The minimum atomic E-state index is 0.0630. The molecular formula is C20H24N4. The largest absolute Gasteiger partial charge is 0.342 e. The van der Waals surface area contributed by atoms with Gasteiger partial charge in [0.2, 0.25) is 0 Å². The second kappa shape index (κ2) is 7.14. The number of aromatic nitrogens is 1. The molecule has 1 aliphatic heterocycles. The van der Waals surface area contributed by atoms with Gasteiger partial charge in [0.05, 0.1) is 12.1 Å². The molecule has 4 nitrogen and oxygen atoms in total. The summed E-state index contributed by atoms with van der Waals surface area (Å²) in [5, 5.41) is 7.28. The first-order chi connectivity index (χ1) is 11.9. The van der Waals surface area contributed by atoms with E-state index in [9.17, 15) is 0 Å². The van der Waals surface area contributed by atoms with E-state index in [1.54, 1.807) is 0 Å². The Morgan fingerprint density at radius 3 is 2.71 bits per heavy atom. The van der Waals surface area contributed by atoms with Gasteiger partial charge >= 0.3 is 0 Å². The topological polar surface area (TPSA) is 49.3 Å². The highest BCUT2D eigenvalue weighted by Gasteiger charge is 2.24. The number of hydrogen-bond acceptors (Lipinski definition) is 3. The van der Waals surface area contributed by atoms with E-state index in [-0.39, 0.29) is 6.04 Å². The molecule has 2 aromatic rings. The zero-order chi connectivity index (χ0) is 16.2. The van der Waals surface area contributed by atoms with Gasteiger partial charge in [-0.15, -0.1) is 0 Å². The highest BCUT2D eigenvalue weighted by molar-refractivity contribution is 6.01. The maximum absolute atomic E-state index is 5.13. The summed E-state index contributed by atoms with van der Waals surface area (Å²) in [5.41, 5.74) is 3.60. The molecule has 0 spiro atoms. The van der Waals surface area contributed by atoms with Crippen molar-refractivity contribution in [1.29, 1.82) is 0 Å². The van der Waals surface area contributed by atoms with Crippen LogP contribution in [0.5, 0.6) is 0 Å². The number of anilines is 1. The fourth-order valence-corrected chi connectivity index (χ4v) is 3.65. The van der Waals surface area contributed by atoms with Crippen LogP contribution < -0.4 is 10.6 Å². The molecule has 1 aliphatic carbocycles. The van der Waals surface area contributed by atoms with Crippen molar-refractivity contribution in [1.82, 2.24) is 10.3 Å². The van der Waals surface area contributed by atoms with Crippen LogP contribution in [0, 0.1) is 0 Å². The van der Waals surface area contributed by atoms with Crippen molar-refractivity contribution in [3.05, 3.63) is 59.9 Å². The van der Waals surface area contributed by atoms with Crippen molar-refractivity contribution in [3.8, 4) is 0 Å². The number of nitrogens with one attached hydrogen (secondary N) is 2. The van der Waals surface area contributed by atoms with E-state index in [1.807, 2.05) is 18.5 Å². The molecular weight excluding hydrogens is 296 g/mol. The van der Waals surface area contributed by atoms with Crippen molar-refractivity contribution in [3.63, 3.8) is 0 Å². The lowest BCUT2D eigenvalue weighted by molar-refractivity contribution is 0.441. The molecule has 4 rings (SSSR count). The maximum atomic E-state index is 5.13. The molecule has 1 aromatic heterocycles. The minimum absolute atomic E-state index is 0.0630. The first kappa shape index (κ1) is 15.3. The van der Waals surface area contributed by atoms with E-state index >= 15 is 0 Å². The number of hydrogen-bond donors (Lipinski definition) is 2. The predicted molar refractivity (Wildman–Crippen MR) is 98.2 cm³/mol. The normalized spacial score (nSPS) is 23.3. The Balaban J connectivity index is 1.69. The average molecular weight is 320 g/mol. The number of pyridine rings is 1. The van der Waals surface area contributed by atoms with Gasteiger partial charge in [-0.1, -0.05) is 43.5 Å². The van der Waals surface area contributed by atoms with Gasteiger partial charge in [0.25, 0.3) is 0 Å². The molecule has 0 amide bonds. The molecule has 1 fully saturated rings. The minimum Gasteiger partial charge on any atom is -0.342 e. The second-order valence-electron chi connectivity index (χ2n) is 6.69. The highest BCUT2D eigenvalue weighted by atomic mass is 15.1. The monoisotopic (exact) mass is 320 g/mol. The lowest BCUT2D eigenvalue weighted by Gasteiger charge is -2.23. The first-order valence-electron chi connectivity index (χ1n) is 8.96. The summed E-state index contributed by atoms with van der Waals surface area (Å²) in [6.07, 6.45) is 10.1. The van der Waals surface area contributed by atoms with Crippen LogP contribution >= 0.6 is 0 Å². The number of fused-ring (bicyclic) bond motifs is 1. The number of para-hydroxylation sites is 1. The summed E-state index contributed by atoms with van der Waals surface area (Å²) in [4.78, 5) is 9.43. The van der Waals surface area contributed by atoms with Crippen molar-refractivity contribution in [2.75, 3.05) is 5.32 Å². The third kappa shape index (κ3) is 3.34. The Morgan fingerprint density at radius 1 is 1.00 bits per heavy atom. The molecule has 0 radical (unpaired) electrons. The van der Waals surface area contributed by atoms with E-state index in [1.165, 1.54) is 37.7 Å². The third-order valence-corrected chi connectivity index (χ3v) is 4.96. The standard InChI is InChI=1S/C20H24N4/c1-2-9-17(10-3-1)23-20-19(16-8-6-12-21-13-16)22-14-15-7-4-5-11-18(15)24-20/h4-8,11-13,17,19,22H,1-3,9-10,14H2,(H,23,24)/t19-/m1/s1. The first-order valence-corrected chi connectivity index (χ1v) is 8.96. The van der Waals surface area contributed by atoms with E-state index in [2.05, 4.69) is 45.9 Å². The van der Waals surface area contributed by atoms with Crippen LogP contribution in [-0.2, 0) is 6.54 Å². The summed E-state index contributed by atoms with van der Waals surface area (Å²) in [6.45, 7) is 0.826. The molecule has 1 atom stereocenters. The number of aliphatic imine (C=N–C) groups is 1. The molecule has 2 aliphatic rings. The van der Waals surface area contributed by atoms with Crippen molar-refractivity contribution in [2.45, 2.75) is 50.7 Å². The van der Waals surface area contributed by atoms with Crippen LogP contribution in [0.25, 0.3) is 0 Å². The molecule has 0 bridgehead atoms. The van der Waals surface area contributed by atoms with E-state index < -0.39 is 0 Å². The van der Waals surface area contributed by atoms with Crippen molar-refractivity contribution in [2.24, 2.45) is 4.99 Å². The molecule has 4 heteroatoms. The summed E-state index contributed by atoms with van der Waals surface area (Å²) in [7, 11) is 0. The molecule has 2 heterocycles. The van der Waals surface area contributed by atoms with Gasteiger partial charge in [-0.05, 0) is 36.1 Å². The van der Waals surface area contributed by atoms with Gasteiger partial charge in [0.15, 0.2) is 0 Å². The predicted octanol–water partition coefficient (Wildman–Crippen LogP) is 4.07. The van der Waals surface area contributed by atoms with Crippen LogP contribution in [0.3, 0.4) is 0 Å². The molecule has 1 aromatic carbocycles.